The van der Waals surface area contributed by atoms with Crippen LogP contribution < -0.4 is 11.1 Å². The zero-order valence-electron chi connectivity index (χ0n) is 6.87. The summed E-state index contributed by atoms with van der Waals surface area (Å²) in [7, 11) is 1.15. The molecule has 0 saturated heterocycles. The fourth-order valence-corrected chi connectivity index (χ4v) is 0.912. The summed E-state index contributed by atoms with van der Waals surface area (Å²) in [6.07, 6.45) is 0.990. The van der Waals surface area contributed by atoms with Gasteiger partial charge in [0.1, 0.15) is 6.04 Å². The topological polar surface area (TPSA) is 98.5 Å². The molecule has 1 unspecified atom stereocenters. The third kappa shape index (κ3) is 1.73. The Morgan fingerprint density at radius 2 is 2.23 bits per heavy atom. The van der Waals surface area contributed by atoms with Gasteiger partial charge in [0.05, 0.1) is 12.7 Å². The Morgan fingerprint density at radius 3 is 2.62 bits per heavy atom. The molecule has 0 saturated carbocycles. The van der Waals surface area contributed by atoms with Gasteiger partial charge in [-0.05, 0) is 0 Å². The number of rotatable bonds is 2. The molecule has 0 aliphatic carbocycles. The first-order valence-electron chi connectivity index (χ1n) is 3.46. The molecule has 0 aromatic heterocycles. The van der Waals surface area contributed by atoms with E-state index >= 15 is 0 Å². The first-order chi connectivity index (χ1) is 6.06. The lowest BCUT2D eigenvalue weighted by molar-refractivity contribution is -0.142. The van der Waals surface area contributed by atoms with Crippen molar-refractivity contribution >= 4 is 17.8 Å². The number of amides is 2. The molecule has 1 aliphatic heterocycles. The molecule has 0 radical (unpaired) electrons. The van der Waals surface area contributed by atoms with Gasteiger partial charge in [0, 0.05) is 6.08 Å². The summed E-state index contributed by atoms with van der Waals surface area (Å²) >= 11 is 0. The van der Waals surface area contributed by atoms with E-state index in [4.69, 9.17) is 5.73 Å². The number of ether oxygens (including phenoxy) is 1. The summed E-state index contributed by atoms with van der Waals surface area (Å²) in [5.41, 5.74) is 5.26. The molecule has 1 heterocycles. The molecule has 0 fully saturated rings. The van der Waals surface area contributed by atoms with Crippen molar-refractivity contribution in [3.8, 4) is 0 Å². The number of esters is 1. The SMILES string of the molecule is COC(=O)C(N)C1=CC(=O)NC1=O. The number of hydrogen-bond donors (Lipinski definition) is 2. The highest BCUT2D eigenvalue weighted by Gasteiger charge is 2.30. The van der Waals surface area contributed by atoms with E-state index < -0.39 is 23.8 Å². The molecular weight excluding hydrogens is 176 g/mol. The lowest BCUT2D eigenvalue weighted by atomic mass is 10.1. The Morgan fingerprint density at radius 1 is 1.62 bits per heavy atom. The second-order valence-corrected chi connectivity index (χ2v) is 2.42. The zero-order valence-corrected chi connectivity index (χ0v) is 6.87. The van der Waals surface area contributed by atoms with Crippen LogP contribution in [0.5, 0.6) is 0 Å². The van der Waals surface area contributed by atoms with E-state index in [-0.39, 0.29) is 5.57 Å². The zero-order chi connectivity index (χ0) is 10.0. The monoisotopic (exact) mass is 184 g/mol. The van der Waals surface area contributed by atoms with Crippen LogP contribution in [0.25, 0.3) is 0 Å². The Labute approximate surface area is 73.7 Å². The van der Waals surface area contributed by atoms with Crippen LogP contribution >= 0.6 is 0 Å². The van der Waals surface area contributed by atoms with Crippen LogP contribution in [-0.4, -0.2) is 30.9 Å². The fraction of sp³-hybridized carbons (Fsp3) is 0.286. The average molecular weight is 184 g/mol. The van der Waals surface area contributed by atoms with E-state index in [0.29, 0.717) is 0 Å². The first kappa shape index (κ1) is 9.40. The minimum absolute atomic E-state index is 0.0724. The molecule has 1 aliphatic rings. The van der Waals surface area contributed by atoms with Crippen molar-refractivity contribution in [2.75, 3.05) is 7.11 Å². The third-order valence-corrected chi connectivity index (χ3v) is 1.58. The minimum Gasteiger partial charge on any atom is -0.468 e. The largest absolute Gasteiger partial charge is 0.468 e. The van der Waals surface area contributed by atoms with Crippen LogP contribution in [0.4, 0.5) is 0 Å². The normalized spacial score (nSPS) is 17.8. The third-order valence-electron chi connectivity index (χ3n) is 1.58. The molecule has 13 heavy (non-hydrogen) atoms. The van der Waals surface area contributed by atoms with Gasteiger partial charge in [0.15, 0.2) is 0 Å². The van der Waals surface area contributed by atoms with Crippen LogP contribution in [0.2, 0.25) is 0 Å². The summed E-state index contributed by atoms with van der Waals surface area (Å²) in [6.45, 7) is 0. The molecule has 0 spiro atoms. The van der Waals surface area contributed by atoms with Crippen LogP contribution in [-0.2, 0) is 19.1 Å². The van der Waals surface area contributed by atoms with Gasteiger partial charge < -0.3 is 10.5 Å². The molecule has 6 nitrogen and oxygen atoms in total. The maximum atomic E-state index is 11.0. The summed E-state index contributed by atoms with van der Waals surface area (Å²) < 4.78 is 4.31. The van der Waals surface area contributed by atoms with Crippen LogP contribution in [0, 0.1) is 0 Å². The molecule has 0 aromatic rings. The molecule has 0 bridgehead atoms. The Kier molecular flexibility index (Phi) is 2.43. The smallest absolute Gasteiger partial charge is 0.327 e. The highest BCUT2D eigenvalue weighted by molar-refractivity contribution is 6.18. The van der Waals surface area contributed by atoms with Gasteiger partial charge in [0.2, 0.25) is 0 Å². The van der Waals surface area contributed by atoms with Crippen LogP contribution in [0.15, 0.2) is 11.6 Å². The maximum absolute atomic E-state index is 11.0. The number of carbonyl (C=O) groups is 3. The number of hydrogen-bond acceptors (Lipinski definition) is 5. The Balaban J connectivity index is 2.83. The number of nitrogens with two attached hydrogens (primary N) is 1. The fourth-order valence-electron chi connectivity index (χ4n) is 0.912. The van der Waals surface area contributed by atoms with Crippen molar-refractivity contribution in [2.45, 2.75) is 6.04 Å². The minimum atomic E-state index is -1.20. The molecule has 0 aromatic carbocycles. The highest BCUT2D eigenvalue weighted by Crippen LogP contribution is 2.07. The van der Waals surface area contributed by atoms with Gasteiger partial charge in [-0.2, -0.15) is 0 Å². The van der Waals surface area contributed by atoms with E-state index in [0.717, 1.165) is 13.2 Å². The molecule has 6 heteroatoms. The molecule has 1 rings (SSSR count). The second kappa shape index (κ2) is 3.36. The molecule has 70 valence electrons. The summed E-state index contributed by atoms with van der Waals surface area (Å²) in [4.78, 5) is 32.5. The van der Waals surface area contributed by atoms with Crippen molar-refractivity contribution < 1.29 is 19.1 Å². The Hall–Kier alpha value is -1.69. The van der Waals surface area contributed by atoms with Crippen molar-refractivity contribution in [3.05, 3.63) is 11.6 Å². The predicted octanol–water partition coefficient (Wildman–Crippen LogP) is -1.93. The van der Waals surface area contributed by atoms with Crippen molar-refractivity contribution in [1.29, 1.82) is 0 Å². The van der Waals surface area contributed by atoms with E-state index in [1.807, 2.05) is 5.32 Å². The number of nitrogens with one attached hydrogen (secondary N) is 1. The van der Waals surface area contributed by atoms with Crippen LogP contribution in [0.3, 0.4) is 0 Å². The van der Waals surface area contributed by atoms with Crippen molar-refractivity contribution in [1.82, 2.24) is 5.32 Å². The van der Waals surface area contributed by atoms with Gasteiger partial charge in [-0.1, -0.05) is 0 Å². The van der Waals surface area contributed by atoms with Gasteiger partial charge in [0.25, 0.3) is 11.8 Å². The number of carbonyl (C=O) groups excluding carboxylic acids is 3. The second-order valence-electron chi connectivity index (χ2n) is 2.42. The van der Waals surface area contributed by atoms with E-state index in [9.17, 15) is 14.4 Å². The maximum Gasteiger partial charge on any atom is 0.327 e. The van der Waals surface area contributed by atoms with Gasteiger partial charge in [-0.3, -0.25) is 19.7 Å². The van der Waals surface area contributed by atoms with Gasteiger partial charge in [-0.25, -0.2) is 0 Å². The van der Waals surface area contributed by atoms with E-state index in [1.54, 1.807) is 0 Å². The van der Waals surface area contributed by atoms with Gasteiger partial charge >= 0.3 is 5.97 Å². The molecular formula is C7H8N2O4. The molecule has 3 N–H and O–H groups in total. The quantitative estimate of drug-likeness (QED) is 0.384. The number of imide groups is 1. The summed E-state index contributed by atoms with van der Waals surface area (Å²) in [6, 6.07) is -1.20. The lowest BCUT2D eigenvalue weighted by Crippen LogP contribution is -2.37. The van der Waals surface area contributed by atoms with Crippen molar-refractivity contribution in [2.24, 2.45) is 5.73 Å². The summed E-state index contributed by atoms with van der Waals surface area (Å²) in [5.74, 6) is -1.97. The standard InChI is InChI=1S/C7H8N2O4/c1-13-7(12)5(8)3-2-4(10)9-6(3)11/h2,5H,8H2,1H3,(H,9,10,11). The first-order valence-corrected chi connectivity index (χ1v) is 3.46. The van der Waals surface area contributed by atoms with E-state index in [2.05, 4.69) is 4.74 Å². The van der Waals surface area contributed by atoms with Gasteiger partial charge in [-0.15, -0.1) is 0 Å². The van der Waals surface area contributed by atoms with Crippen LogP contribution in [0.1, 0.15) is 0 Å². The molecule has 2 amide bonds. The summed E-state index contributed by atoms with van der Waals surface area (Å²) in [5, 5.41) is 1.97. The van der Waals surface area contributed by atoms with E-state index in [1.165, 1.54) is 0 Å². The highest BCUT2D eigenvalue weighted by atomic mass is 16.5. The number of methoxy groups -OCH3 is 1. The molecule has 1 atom stereocenters. The predicted molar refractivity (Wildman–Crippen MR) is 41.2 cm³/mol. The lowest BCUT2D eigenvalue weighted by Gasteiger charge is -2.07. The average Bonchev–Trinajstić information content (AvgIpc) is 2.42. The van der Waals surface area contributed by atoms with Crippen molar-refractivity contribution in [3.63, 3.8) is 0 Å². The Bertz CT molecular complexity index is 308.